The third-order valence-electron chi connectivity index (χ3n) is 8.12. The number of hydrogen-bond donors (Lipinski definition) is 0. The Kier molecular flexibility index (Phi) is 11.0. The van der Waals surface area contributed by atoms with Crippen LogP contribution in [-0.4, -0.2) is 6.61 Å². The first-order valence-corrected chi connectivity index (χ1v) is 15.0. The number of hydrogen-bond acceptors (Lipinski definition) is 1. The molecule has 0 bridgehead atoms. The molecule has 37 heavy (non-hydrogen) atoms. The van der Waals surface area contributed by atoms with Crippen molar-refractivity contribution in [3.8, 4) is 17.6 Å². The van der Waals surface area contributed by atoms with E-state index < -0.39 is 0 Å². The molecule has 4 rings (SSSR count). The van der Waals surface area contributed by atoms with Gasteiger partial charge in [-0.15, -0.1) is 0 Å². The minimum Gasteiger partial charge on any atom is -0.494 e. The van der Waals surface area contributed by atoms with E-state index in [1.807, 2.05) is 0 Å². The van der Waals surface area contributed by atoms with Gasteiger partial charge in [0.25, 0.3) is 0 Å². The van der Waals surface area contributed by atoms with Gasteiger partial charge in [0.05, 0.1) is 6.61 Å². The van der Waals surface area contributed by atoms with Gasteiger partial charge >= 0.3 is 0 Å². The van der Waals surface area contributed by atoms with E-state index in [1.165, 1.54) is 93.4 Å². The average molecular weight is 495 g/mol. The number of rotatable bonds is 12. The molecule has 0 aromatic heterocycles. The Morgan fingerprint density at radius 1 is 0.649 bits per heavy atom. The van der Waals surface area contributed by atoms with Gasteiger partial charge in [-0.05, 0) is 96.7 Å². The molecule has 3 aromatic rings. The molecule has 1 saturated carbocycles. The number of fused-ring (bicyclic) bond motifs is 1. The van der Waals surface area contributed by atoms with Gasteiger partial charge < -0.3 is 4.74 Å². The topological polar surface area (TPSA) is 9.23 Å². The fourth-order valence-corrected chi connectivity index (χ4v) is 5.74. The van der Waals surface area contributed by atoms with E-state index in [2.05, 4.69) is 86.4 Å². The van der Waals surface area contributed by atoms with Gasteiger partial charge in [-0.1, -0.05) is 101 Å². The zero-order valence-electron chi connectivity index (χ0n) is 23.2. The first kappa shape index (κ1) is 27.3. The third kappa shape index (κ3) is 8.67. The molecule has 0 aliphatic heterocycles. The summed E-state index contributed by atoms with van der Waals surface area (Å²) in [6.45, 7) is 5.31. The van der Waals surface area contributed by atoms with Crippen LogP contribution in [0.15, 0.2) is 60.7 Å². The fourth-order valence-electron chi connectivity index (χ4n) is 5.74. The highest BCUT2D eigenvalue weighted by atomic mass is 16.5. The maximum absolute atomic E-state index is 5.91. The van der Waals surface area contributed by atoms with Crippen molar-refractivity contribution >= 4 is 10.8 Å². The maximum atomic E-state index is 5.91. The monoisotopic (exact) mass is 494 g/mol. The van der Waals surface area contributed by atoms with Crippen molar-refractivity contribution in [1.29, 1.82) is 0 Å². The lowest BCUT2D eigenvalue weighted by atomic mass is 9.77. The van der Waals surface area contributed by atoms with Crippen molar-refractivity contribution in [3.63, 3.8) is 0 Å². The van der Waals surface area contributed by atoms with E-state index in [0.29, 0.717) is 0 Å². The largest absolute Gasteiger partial charge is 0.494 e. The van der Waals surface area contributed by atoms with Crippen molar-refractivity contribution in [2.24, 2.45) is 5.92 Å². The quantitative estimate of drug-likeness (QED) is 0.180. The minimum atomic E-state index is 0.736. The summed E-state index contributed by atoms with van der Waals surface area (Å²) < 4.78 is 5.91. The SMILES string of the molecule is CCCCCCCC1CCC(c2ccc(C#Cc3ccc4cc(OCCCCC)ccc4c3)cc2)CC1. The molecule has 0 spiro atoms. The standard InChI is InChI=1S/C36H46O/c1-3-5-7-8-9-11-29-14-19-32(20-15-29)33-21-16-30(17-22-33)12-13-31-18-23-35-28-36(25-24-34(35)27-31)37-26-10-6-4-2/h16-18,21-25,27-29,32H,3-11,14-15,19-20,26H2,1-2H3. The molecular formula is C36H46O. The summed E-state index contributed by atoms with van der Waals surface area (Å²) in [4.78, 5) is 0. The Morgan fingerprint density at radius 2 is 1.30 bits per heavy atom. The zero-order chi connectivity index (χ0) is 25.7. The van der Waals surface area contributed by atoms with Crippen LogP contribution in [0.25, 0.3) is 10.8 Å². The fraction of sp³-hybridized carbons (Fsp3) is 0.500. The third-order valence-corrected chi connectivity index (χ3v) is 8.12. The van der Waals surface area contributed by atoms with Crippen molar-refractivity contribution in [1.82, 2.24) is 0 Å². The number of benzene rings is 3. The van der Waals surface area contributed by atoms with E-state index in [1.54, 1.807) is 0 Å². The highest BCUT2D eigenvalue weighted by molar-refractivity contribution is 5.85. The van der Waals surface area contributed by atoms with Crippen LogP contribution in [0.2, 0.25) is 0 Å². The summed E-state index contributed by atoms with van der Waals surface area (Å²) in [6, 6.07) is 21.9. The molecular weight excluding hydrogens is 448 g/mol. The first-order valence-electron chi connectivity index (χ1n) is 15.0. The molecule has 1 aliphatic rings. The normalized spacial score (nSPS) is 17.4. The highest BCUT2D eigenvalue weighted by Gasteiger charge is 2.21. The minimum absolute atomic E-state index is 0.736. The van der Waals surface area contributed by atoms with Gasteiger partial charge in [-0.3, -0.25) is 0 Å². The van der Waals surface area contributed by atoms with Crippen molar-refractivity contribution in [3.05, 3.63) is 77.4 Å². The smallest absolute Gasteiger partial charge is 0.119 e. The second-order valence-electron chi connectivity index (χ2n) is 11.1. The number of unbranched alkanes of at least 4 members (excludes halogenated alkanes) is 6. The highest BCUT2D eigenvalue weighted by Crippen LogP contribution is 2.37. The van der Waals surface area contributed by atoms with Crippen LogP contribution >= 0.6 is 0 Å². The summed E-state index contributed by atoms with van der Waals surface area (Å²) in [7, 11) is 0. The van der Waals surface area contributed by atoms with Gasteiger partial charge in [-0.25, -0.2) is 0 Å². The Balaban J connectivity index is 1.27. The summed E-state index contributed by atoms with van der Waals surface area (Å²) in [5, 5.41) is 2.41. The lowest BCUT2D eigenvalue weighted by molar-refractivity contribution is 0.302. The summed E-state index contributed by atoms with van der Waals surface area (Å²) in [5.74, 6) is 9.41. The van der Waals surface area contributed by atoms with Gasteiger partial charge in [0.2, 0.25) is 0 Å². The van der Waals surface area contributed by atoms with Gasteiger partial charge in [0.1, 0.15) is 5.75 Å². The van der Waals surface area contributed by atoms with Crippen LogP contribution in [0.5, 0.6) is 5.75 Å². The second kappa shape index (κ2) is 14.9. The zero-order valence-corrected chi connectivity index (χ0v) is 23.2. The predicted octanol–water partition coefficient (Wildman–Crippen LogP) is 10.4. The van der Waals surface area contributed by atoms with Gasteiger partial charge in [0, 0.05) is 11.1 Å². The second-order valence-corrected chi connectivity index (χ2v) is 11.1. The van der Waals surface area contributed by atoms with Crippen molar-refractivity contribution in [2.45, 2.75) is 103 Å². The summed E-state index contributed by atoms with van der Waals surface area (Å²) in [6.07, 6.45) is 17.6. The molecule has 0 radical (unpaired) electrons. The maximum Gasteiger partial charge on any atom is 0.119 e. The van der Waals surface area contributed by atoms with E-state index in [0.717, 1.165) is 41.7 Å². The van der Waals surface area contributed by atoms with Crippen LogP contribution in [0.1, 0.15) is 120 Å². The molecule has 0 heterocycles. The molecule has 1 heteroatoms. The molecule has 0 saturated heterocycles. The molecule has 0 atom stereocenters. The Bertz CT molecular complexity index is 1140. The molecule has 0 amide bonds. The lowest BCUT2D eigenvalue weighted by Crippen LogP contribution is -2.13. The number of ether oxygens (including phenoxy) is 1. The van der Waals surface area contributed by atoms with Crippen LogP contribution in [-0.2, 0) is 0 Å². The van der Waals surface area contributed by atoms with Gasteiger partial charge in [-0.2, -0.15) is 0 Å². The van der Waals surface area contributed by atoms with Crippen LogP contribution in [0, 0.1) is 17.8 Å². The average Bonchev–Trinajstić information content (AvgIpc) is 2.95. The molecule has 3 aromatic carbocycles. The van der Waals surface area contributed by atoms with E-state index in [4.69, 9.17) is 4.74 Å². The molecule has 1 fully saturated rings. The van der Waals surface area contributed by atoms with Gasteiger partial charge in [0.15, 0.2) is 0 Å². The van der Waals surface area contributed by atoms with E-state index in [-0.39, 0.29) is 0 Å². The van der Waals surface area contributed by atoms with E-state index >= 15 is 0 Å². The Morgan fingerprint density at radius 3 is 2.08 bits per heavy atom. The molecule has 1 nitrogen and oxygen atoms in total. The Hall–Kier alpha value is -2.72. The van der Waals surface area contributed by atoms with Crippen molar-refractivity contribution < 1.29 is 4.74 Å². The molecule has 0 N–H and O–H groups in total. The molecule has 0 unspecified atom stereocenters. The predicted molar refractivity (Wildman–Crippen MR) is 159 cm³/mol. The first-order chi connectivity index (χ1) is 18.2. The summed E-state index contributed by atoms with van der Waals surface area (Å²) in [5.41, 5.74) is 3.66. The Labute approximate surface area is 226 Å². The van der Waals surface area contributed by atoms with Crippen LogP contribution in [0.4, 0.5) is 0 Å². The summed E-state index contributed by atoms with van der Waals surface area (Å²) >= 11 is 0. The molecule has 1 aliphatic carbocycles. The lowest BCUT2D eigenvalue weighted by Gasteiger charge is -2.29. The van der Waals surface area contributed by atoms with Crippen molar-refractivity contribution in [2.75, 3.05) is 6.61 Å². The molecule has 196 valence electrons. The van der Waals surface area contributed by atoms with E-state index in [9.17, 15) is 0 Å². The van der Waals surface area contributed by atoms with Crippen LogP contribution in [0.3, 0.4) is 0 Å². The van der Waals surface area contributed by atoms with Crippen LogP contribution < -0.4 is 4.74 Å².